The Morgan fingerprint density at radius 1 is 1.00 bits per heavy atom. The molecule has 0 aliphatic carbocycles. The van der Waals surface area contributed by atoms with Gasteiger partial charge in [0.2, 0.25) is 5.89 Å². The van der Waals surface area contributed by atoms with Gasteiger partial charge in [-0.1, -0.05) is 65.8 Å². The molecule has 0 unspecified atom stereocenters. The number of hydrogen-bond donors (Lipinski definition) is 2. The molecule has 6 heteroatoms. The van der Waals surface area contributed by atoms with Crippen molar-refractivity contribution in [1.82, 2.24) is 20.8 Å². The zero-order valence-electron chi connectivity index (χ0n) is 16.4. The fourth-order valence-electron chi connectivity index (χ4n) is 3.03. The fourth-order valence-corrected chi connectivity index (χ4v) is 3.03. The van der Waals surface area contributed by atoms with Crippen molar-refractivity contribution in [2.75, 3.05) is 19.6 Å². The van der Waals surface area contributed by atoms with Crippen molar-refractivity contribution < 1.29 is 4.52 Å². The first-order valence-electron chi connectivity index (χ1n) is 9.67. The van der Waals surface area contributed by atoms with Crippen LogP contribution >= 0.6 is 0 Å². The van der Waals surface area contributed by atoms with Gasteiger partial charge in [0.05, 0.1) is 6.54 Å². The van der Waals surface area contributed by atoms with Gasteiger partial charge in [-0.05, 0) is 25.0 Å². The number of nitrogens with one attached hydrogen (secondary N) is 2. The van der Waals surface area contributed by atoms with E-state index >= 15 is 0 Å². The highest BCUT2D eigenvalue weighted by atomic mass is 16.5. The SMILES string of the molecule is CCNC(=NCC(c1ccccc1)c1ccccc1)NCCc1nc(C)no1. The van der Waals surface area contributed by atoms with E-state index in [1.54, 1.807) is 0 Å². The Morgan fingerprint density at radius 2 is 1.64 bits per heavy atom. The van der Waals surface area contributed by atoms with Crippen LogP contribution in [0.1, 0.15) is 35.7 Å². The van der Waals surface area contributed by atoms with Crippen molar-refractivity contribution in [3.63, 3.8) is 0 Å². The molecule has 3 rings (SSSR count). The quantitative estimate of drug-likeness (QED) is 0.465. The van der Waals surface area contributed by atoms with Crippen LogP contribution in [-0.4, -0.2) is 35.7 Å². The lowest BCUT2D eigenvalue weighted by molar-refractivity contribution is 0.374. The van der Waals surface area contributed by atoms with Crippen LogP contribution in [0, 0.1) is 6.92 Å². The van der Waals surface area contributed by atoms with Crippen molar-refractivity contribution in [2.45, 2.75) is 26.2 Å². The molecule has 0 bridgehead atoms. The second kappa shape index (κ2) is 10.3. The smallest absolute Gasteiger partial charge is 0.228 e. The number of rotatable bonds is 8. The molecule has 0 aliphatic heterocycles. The van der Waals surface area contributed by atoms with E-state index < -0.39 is 0 Å². The molecule has 0 radical (unpaired) electrons. The lowest BCUT2D eigenvalue weighted by Gasteiger charge is -2.17. The number of aryl methyl sites for hydroxylation is 1. The van der Waals surface area contributed by atoms with Gasteiger partial charge in [0.1, 0.15) is 0 Å². The van der Waals surface area contributed by atoms with Crippen LogP contribution in [0.2, 0.25) is 0 Å². The van der Waals surface area contributed by atoms with Crippen molar-refractivity contribution in [2.24, 2.45) is 4.99 Å². The van der Waals surface area contributed by atoms with Gasteiger partial charge in [0, 0.05) is 25.4 Å². The van der Waals surface area contributed by atoms with Gasteiger partial charge in [0.15, 0.2) is 11.8 Å². The first-order valence-corrected chi connectivity index (χ1v) is 9.67. The molecule has 3 aromatic rings. The van der Waals surface area contributed by atoms with Gasteiger partial charge in [-0.2, -0.15) is 4.98 Å². The zero-order valence-corrected chi connectivity index (χ0v) is 16.4. The molecular formula is C22H27N5O. The number of hydrogen-bond acceptors (Lipinski definition) is 4. The number of aromatic nitrogens is 2. The first kappa shape index (κ1) is 19.6. The fraction of sp³-hybridized carbons (Fsp3) is 0.318. The van der Waals surface area contributed by atoms with Gasteiger partial charge < -0.3 is 15.2 Å². The topological polar surface area (TPSA) is 75.3 Å². The summed E-state index contributed by atoms with van der Waals surface area (Å²) < 4.78 is 5.16. The summed E-state index contributed by atoms with van der Waals surface area (Å²) in [6, 6.07) is 21.0. The predicted octanol–water partition coefficient (Wildman–Crippen LogP) is 3.31. The van der Waals surface area contributed by atoms with Crippen LogP contribution in [0.4, 0.5) is 0 Å². The van der Waals surface area contributed by atoms with Crippen LogP contribution in [0.15, 0.2) is 70.2 Å². The molecule has 0 amide bonds. The maximum Gasteiger partial charge on any atom is 0.228 e. The summed E-state index contributed by atoms with van der Waals surface area (Å²) in [7, 11) is 0. The third-order valence-electron chi connectivity index (χ3n) is 4.38. The standard InChI is InChI=1S/C22H27N5O/c1-3-23-22(24-15-14-21-26-17(2)27-28-21)25-16-20(18-10-6-4-7-11-18)19-12-8-5-9-13-19/h4-13,20H,3,14-16H2,1-2H3,(H2,23,24,25). The van der Waals surface area contributed by atoms with E-state index in [9.17, 15) is 0 Å². The van der Waals surface area contributed by atoms with E-state index in [4.69, 9.17) is 9.52 Å². The lowest BCUT2D eigenvalue weighted by Crippen LogP contribution is -2.38. The highest BCUT2D eigenvalue weighted by molar-refractivity contribution is 5.79. The third kappa shape index (κ3) is 5.67. The Bertz CT molecular complexity index is 821. The normalized spacial score (nSPS) is 11.6. The average Bonchev–Trinajstić information content (AvgIpc) is 3.15. The van der Waals surface area contributed by atoms with Gasteiger partial charge in [-0.15, -0.1) is 0 Å². The van der Waals surface area contributed by atoms with Crippen LogP contribution in [-0.2, 0) is 6.42 Å². The van der Waals surface area contributed by atoms with E-state index in [0.29, 0.717) is 31.2 Å². The Balaban J connectivity index is 1.69. The summed E-state index contributed by atoms with van der Waals surface area (Å²) in [4.78, 5) is 9.06. The van der Waals surface area contributed by atoms with Crippen LogP contribution in [0.5, 0.6) is 0 Å². The molecule has 6 nitrogen and oxygen atoms in total. The summed E-state index contributed by atoms with van der Waals surface area (Å²) in [5, 5.41) is 10.5. The largest absolute Gasteiger partial charge is 0.357 e. The molecule has 1 heterocycles. The summed E-state index contributed by atoms with van der Waals surface area (Å²) in [5.41, 5.74) is 2.52. The summed E-state index contributed by atoms with van der Waals surface area (Å²) >= 11 is 0. The zero-order chi connectivity index (χ0) is 19.6. The van der Waals surface area contributed by atoms with Crippen molar-refractivity contribution in [1.29, 1.82) is 0 Å². The molecule has 0 fully saturated rings. The molecule has 2 N–H and O–H groups in total. The predicted molar refractivity (Wildman–Crippen MR) is 111 cm³/mol. The highest BCUT2D eigenvalue weighted by Crippen LogP contribution is 2.24. The summed E-state index contributed by atoms with van der Waals surface area (Å²) in [6.07, 6.45) is 0.659. The van der Waals surface area contributed by atoms with Gasteiger partial charge in [0.25, 0.3) is 0 Å². The highest BCUT2D eigenvalue weighted by Gasteiger charge is 2.14. The van der Waals surface area contributed by atoms with Crippen LogP contribution in [0.3, 0.4) is 0 Å². The van der Waals surface area contributed by atoms with E-state index in [1.807, 2.05) is 19.1 Å². The maximum absolute atomic E-state index is 5.16. The molecule has 0 atom stereocenters. The number of benzene rings is 2. The Hall–Kier alpha value is -3.15. The van der Waals surface area contributed by atoms with Crippen molar-refractivity contribution in [3.05, 3.63) is 83.5 Å². The molecule has 146 valence electrons. The Labute approximate surface area is 166 Å². The minimum Gasteiger partial charge on any atom is -0.357 e. The van der Waals surface area contributed by atoms with Gasteiger partial charge >= 0.3 is 0 Å². The Kier molecular flexibility index (Phi) is 7.18. The molecule has 0 spiro atoms. The molecule has 28 heavy (non-hydrogen) atoms. The van der Waals surface area contributed by atoms with Crippen molar-refractivity contribution >= 4 is 5.96 Å². The summed E-state index contributed by atoms with van der Waals surface area (Å²) in [6.45, 7) is 6.01. The first-order chi connectivity index (χ1) is 13.8. The van der Waals surface area contributed by atoms with Crippen LogP contribution < -0.4 is 10.6 Å². The third-order valence-corrected chi connectivity index (χ3v) is 4.38. The lowest BCUT2D eigenvalue weighted by atomic mass is 9.91. The summed E-state index contributed by atoms with van der Waals surface area (Å²) in [5.74, 6) is 2.28. The second-order valence-electron chi connectivity index (χ2n) is 6.51. The van der Waals surface area contributed by atoms with Crippen molar-refractivity contribution in [3.8, 4) is 0 Å². The molecule has 0 aliphatic rings. The molecule has 0 saturated heterocycles. The van der Waals surface area contributed by atoms with E-state index in [-0.39, 0.29) is 5.92 Å². The Morgan fingerprint density at radius 3 is 2.18 bits per heavy atom. The average molecular weight is 377 g/mol. The minimum absolute atomic E-state index is 0.205. The number of aliphatic imine (C=N–C) groups is 1. The maximum atomic E-state index is 5.16. The van der Waals surface area contributed by atoms with E-state index in [1.165, 1.54) is 11.1 Å². The second-order valence-corrected chi connectivity index (χ2v) is 6.51. The monoisotopic (exact) mass is 377 g/mol. The molecule has 0 saturated carbocycles. The molecule has 2 aromatic carbocycles. The molecular weight excluding hydrogens is 350 g/mol. The number of nitrogens with zero attached hydrogens (tertiary/aromatic N) is 3. The molecule has 1 aromatic heterocycles. The van der Waals surface area contributed by atoms with Gasteiger partial charge in [-0.3, -0.25) is 4.99 Å². The van der Waals surface area contributed by atoms with Crippen LogP contribution in [0.25, 0.3) is 0 Å². The van der Waals surface area contributed by atoms with Gasteiger partial charge in [-0.25, -0.2) is 0 Å². The number of guanidine groups is 1. The van der Waals surface area contributed by atoms with E-state index in [0.717, 1.165) is 12.5 Å². The minimum atomic E-state index is 0.205. The van der Waals surface area contributed by atoms with E-state index in [2.05, 4.69) is 76.2 Å².